The van der Waals surface area contributed by atoms with E-state index in [2.05, 4.69) is 12.1 Å². The third kappa shape index (κ3) is 3.57. The Bertz CT molecular complexity index is 575. The number of amides is 2. The van der Waals surface area contributed by atoms with Crippen LogP contribution in [0.2, 0.25) is 0 Å². The van der Waals surface area contributed by atoms with Crippen molar-refractivity contribution >= 4 is 11.8 Å². The number of carbonyl (C=O) groups excluding carboxylic acids is 2. The number of aryl methyl sites for hydroxylation is 1. The molecule has 0 spiro atoms. The number of aromatic nitrogens is 1. The molecule has 2 saturated heterocycles. The molecule has 23 heavy (non-hydrogen) atoms. The Labute approximate surface area is 136 Å². The van der Waals surface area contributed by atoms with E-state index in [1.807, 2.05) is 4.90 Å². The van der Waals surface area contributed by atoms with Gasteiger partial charge >= 0.3 is 0 Å². The van der Waals surface area contributed by atoms with Gasteiger partial charge < -0.3 is 14.3 Å². The largest absolute Gasteiger partial charge is 0.361 e. The first-order valence-electron chi connectivity index (χ1n) is 8.55. The lowest BCUT2D eigenvalue weighted by atomic mass is 9.98. The first-order valence-corrected chi connectivity index (χ1v) is 8.55. The molecule has 0 N–H and O–H groups in total. The van der Waals surface area contributed by atoms with E-state index in [1.54, 1.807) is 17.9 Å². The van der Waals surface area contributed by atoms with Crippen molar-refractivity contribution in [2.24, 2.45) is 5.92 Å². The van der Waals surface area contributed by atoms with Gasteiger partial charge in [-0.3, -0.25) is 9.59 Å². The summed E-state index contributed by atoms with van der Waals surface area (Å²) in [5, 5.41) is 3.88. The smallest absolute Gasteiger partial charge is 0.245 e. The lowest BCUT2D eigenvalue weighted by Gasteiger charge is -2.34. The van der Waals surface area contributed by atoms with E-state index in [1.165, 1.54) is 0 Å². The van der Waals surface area contributed by atoms with Crippen LogP contribution >= 0.6 is 0 Å². The Kier molecular flexibility index (Phi) is 4.68. The number of hydrogen-bond donors (Lipinski definition) is 0. The molecule has 0 aliphatic carbocycles. The van der Waals surface area contributed by atoms with Crippen molar-refractivity contribution in [3.05, 3.63) is 17.5 Å². The molecule has 3 rings (SSSR count). The van der Waals surface area contributed by atoms with E-state index in [-0.39, 0.29) is 24.3 Å². The van der Waals surface area contributed by atoms with Crippen molar-refractivity contribution in [1.82, 2.24) is 15.0 Å². The molecule has 3 heterocycles. The summed E-state index contributed by atoms with van der Waals surface area (Å²) in [5.41, 5.74) is 0.636. The highest BCUT2D eigenvalue weighted by molar-refractivity contribution is 5.89. The fourth-order valence-corrected chi connectivity index (χ4v) is 3.52. The van der Waals surface area contributed by atoms with Crippen molar-refractivity contribution in [2.75, 3.05) is 19.6 Å². The minimum absolute atomic E-state index is 0.0282. The van der Waals surface area contributed by atoms with E-state index in [9.17, 15) is 9.59 Å². The monoisotopic (exact) mass is 319 g/mol. The van der Waals surface area contributed by atoms with E-state index in [0.29, 0.717) is 23.9 Å². The molecule has 2 fully saturated rings. The number of piperidine rings is 1. The van der Waals surface area contributed by atoms with Crippen LogP contribution < -0.4 is 0 Å². The molecule has 1 unspecified atom stereocenters. The average Bonchev–Trinajstić information content (AvgIpc) is 3.16. The van der Waals surface area contributed by atoms with Gasteiger partial charge in [-0.25, -0.2) is 0 Å². The fourth-order valence-electron chi connectivity index (χ4n) is 3.52. The fraction of sp³-hybridized carbons (Fsp3) is 0.706. The maximum atomic E-state index is 12.8. The summed E-state index contributed by atoms with van der Waals surface area (Å²) in [7, 11) is 0. The molecule has 0 bridgehead atoms. The molecule has 0 aromatic carbocycles. The number of likely N-dealkylation sites (tertiary alicyclic amines) is 2. The van der Waals surface area contributed by atoms with Gasteiger partial charge in [0.05, 0.1) is 12.1 Å². The van der Waals surface area contributed by atoms with Crippen molar-refractivity contribution in [3.8, 4) is 0 Å². The molecule has 1 aromatic rings. The van der Waals surface area contributed by atoms with Crippen LogP contribution in [0.4, 0.5) is 0 Å². The van der Waals surface area contributed by atoms with Crippen LogP contribution in [-0.4, -0.2) is 52.4 Å². The predicted molar refractivity (Wildman–Crippen MR) is 84.7 cm³/mol. The number of nitrogens with zero attached hydrogens (tertiary/aromatic N) is 3. The molecule has 0 radical (unpaired) electrons. The lowest BCUT2D eigenvalue weighted by Crippen LogP contribution is -2.50. The molecule has 0 saturated carbocycles. The minimum Gasteiger partial charge on any atom is -0.361 e. The van der Waals surface area contributed by atoms with Crippen molar-refractivity contribution in [2.45, 2.75) is 52.0 Å². The number of carbonyl (C=O) groups is 2. The summed E-state index contributed by atoms with van der Waals surface area (Å²) in [6.45, 7) is 6.34. The Morgan fingerprint density at radius 1 is 1.26 bits per heavy atom. The Morgan fingerprint density at radius 2 is 2.00 bits per heavy atom. The summed E-state index contributed by atoms with van der Waals surface area (Å²) in [6, 6.07) is 1.49. The van der Waals surface area contributed by atoms with Crippen LogP contribution in [0.5, 0.6) is 0 Å². The third-order valence-corrected chi connectivity index (χ3v) is 4.96. The van der Waals surface area contributed by atoms with E-state index in [0.717, 1.165) is 38.8 Å². The highest BCUT2D eigenvalue weighted by Crippen LogP contribution is 2.24. The molecule has 6 nitrogen and oxygen atoms in total. The zero-order chi connectivity index (χ0) is 16.4. The standard InChI is InChI=1S/C17H25N3O3/c1-12-5-8-19(9-6-12)17(22)15-4-3-7-20(15)16(21)11-14-10-13(2)23-18-14/h10,12,15H,3-9,11H2,1-2H3. The topological polar surface area (TPSA) is 66.7 Å². The van der Waals surface area contributed by atoms with Gasteiger partial charge in [-0.1, -0.05) is 12.1 Å². The van der Waals surface area contributed by atoms with Gasteiger partial charge in [0.2, 0.25) is 11.8 Å². The third-order valence-electron chi connectivity index (χ3n) is 4.96. The van der Waals surface area contributed by atoms with Crippen LogP contribution in [0.15, 0.2) is 10.6 Å². The average molecular weight is 319 g/mol. The van der Waals surface area contributed by atoms with E-state index < -0.39 is 0 Å². The Hall–Kier alpha value is -1.85. The van der Waals surface area contributed by atoms with Gasteiger partial charge in [-0.05, 0) is 38.5 Å². The number of hydrogen-bond acceptors (Lipinski definition) is 4. The summed E-state index contributed by atoms with van der Waals surface area (Å²) < 4.78 is 5.01. The first kappa shape index (κ1) is 16.0. The molecule has 1 atom stereocenters. The number of rotatable bonds is 3. The normalized spacial score (nSPS) is 22.6. The molecule has 2 aliphatic heterocycles. The van der Waals surface area contributed by atoms with Crippen LogP contribution in [0.3, 0.4) is 0 Å². The zero-order valence-corrected chi connectivity index (χ0v) is 14.0. The van der Waals surface area contributed by atoms with Gasteiger partial charge in [-0.15, -0.1) is 0 Å². The minimum atomic E-state index is -0.288. The first-order chi connectivity index (χ1) is 11.0. The summed E-state index contributed by atoms with van der Waals surface area (Å²) in [6.07, 6.45) is 3.99. The van der Waals surface area contributed by atoms with Crippen LogP contribution in [0, 0.1) is 12.8 Å². The molecule has 6 heteroatoms. The highest BCUT2D eigenvalue weighted by atomic mass is 16.5. The quantitative estimate of drug-likeness (QED) is 0.851. The Balaban J connectivity index is 1.62. The maximum absolute atomic E-state index is 12.8. The SMILES string of the molecule is Cc1cc(CC(=O)N2CCCC2C(=O)N2CCC(C)CC2)no1. The van der Waals surface area contributed by atoms with Crippen LogP contribution in [0.25, 0.3) is 0 Å². The summed E-state index contributed by atoms with van der Waals surface area (Å²) >= 11 is 0. The van der Waals surface area contributed by atoms with Crippen molar-refractivity contribution in [1.29, 1.82) is 0 Å². The molecular formula is C17H25N3O3. The summed E-state index contributed by atoms with van der Waals surface area (Å²) in [5.74, 6) is 1.48. The molecule has 1 aromatic heterocycles. The van der Waals surface area contributed by atoms with Gasteiger partial charge in [0.25, 0.3) is 0 Å². The van der Waals surface area contributed by atoms with Gasteiger partial charge in [0.1, 0.15) is 11.8 Å². The van der Waals surface area contributed by atoms with Crippen molar-refractivity contribution in [3.63, 3.8) is 0 Å². The van der Waals surface area contributed by atoms with Crippen molar-refractivity contribution < 1.29 is 14.1 Å². The second-order valence-corrected chi connectivity index (χ2v) is 6.86. The molecule has 126 valence electrons. The van der Waals surface area contributed by atoms with E-state index >= 15 is 0 Å². The van der Waals surface area contributed by atoms with E-state index in [4.69, 9.17) is 4.52 Å². The lowest BCUT2D eigenvalue weighted by molar-refractivity contribution is -0.144. The van der Waals surface area contributed by atoms with Crippen LogP contribution in [-0.2, 0) is 16.0 Å². The second kappa shape index (κ2) is 6.72. The second-order valence-electron chi connectivity index (χ2n) is 6.86. The molecule has 2 aliphatic rings. The summed E-state index contributed by atoms with van der Waals surface area (Å²) in [4.78, 5) is 29.0. The Morgan fingerprint density at radius 3 is 2.65 bits per heavy atom. The van der Waals surface area contributed by atoms with Gasteiger partial charge in [0.15, 0.2) is 0 Å². The van der Waals surface area contributed by atoms with Gasteiger partial charge in [0, 0.05) is 25.7 Å². The molecule has 2 amide bonds. The van der Waals surface area contributed by atoms with Gasteiger partial charge in [-0.2, -0.15) is 0 Å². The predicted octanol–water partition coefficient (Wildman–Crippen LogP) is 1.78. The zero-order valence-electron chi connectivity index (χ0n) is 14.0. The maximum Gasteiger partial charge on any atom is 0.245 e. The molecular weight excluding hydrogens is 294 g/mol. The highest BCUT2D eigenvalue weighted by Gasteiger charge is 2.37. The van der Waals surface area contributed by atoms with Crippen LogP contribution in [0.1, 0.15) is 44.1 Å².